The highest BCUT2D eigenvalue weighted by atomic mass is 32.2. The molecule has 3 rings (SSSR count). The Morgan fingerprint density at radius 2 is 2.12 bits per heavy atom. The minimum atomic E-state index is -0.467. The molecular formula is C18H15FN2O2S2. The minimum absolute atomic E-state index is 0.143. The van der Waals surface area contributed by atoms with Crippen molar-refractivity contribution in [2.45, 2.75) is 23.9 Å². The lowest BCUT2D eigenvalue weighted by atomic mass is 10.1. The second-order valence-electron chi connectivity index (χ2n) is 5.37. The van der Waals surface area contributed by atoms with Crippen LogP contribution in [0.1, 0.15) is 17.3 Å². The molecule has 0 saturated carbocycles. The van der Waals surface area contributed by atoms with E-state index in [1.807, 2.05) is 5.38 Å². The van der Waals surface area contributed by atoms with Gasteiger partial charge < -0.3 is 0 Å². The van der Waals surface area contributed by atoms with Crippen molar-refractivity contribution in [3.8, 4) is 0 Å². The highest BCUT2D eigenvalue weighted by molar-refractivity contribution is 8.00. The largest absolute Gasteiger partial charge is 0.293 e. The van der Waals surface area contributed by atoms with E-state index in [0.29, 0.717) is 27.5 Å². The van der Waals surface area contributed by atoms with Gasteiger partial charge in [0, 0.05) is 12.1 Å². The Morgan fingerprint density at radius 3 is 2.80 bits per heavy atom. The number of hydrogen-bond acceptors (Lipinski definition) is 5. The zero-order valence-corrected chi connectivity index (χ0v) is 15.1. The van der Waals surface area contributed by atoms with Crippen LogP contribution >= 0.6 is 23.1 Å². The van der Waals surface area contributed by atoms with E-state index in [4.69, 9.17) is 0 Å². The van der Waals surface area contributed by atoms with Crippen molar-refractivity contribution in [3.05, 3.63) is 70.1 Å². The minimum Gasteiger partial charge on any atom is -0.293 e. The Balaban J connectivity index is 1.94. The van der Waals surface area contributed by atoms with Crippen LogP contribution in [-0.4, -0.2) is 20.6 Å². The summed E-state index contributed by atoms with van der Waals surface area (Å²) in [5, 5.41) is 2.39. The number of thiophene rings is 1. The van der Waals surface area contributed by atoms with E-state index >= 15 is 0 Å². The van der Waals surface area contributed by atoms with E-state index in [-0.39, 0.29) is 17.2 Å². The summed E-state index contributed by atoms with van der Waals surface area (Å²) >= 11 is 2.60. The topological polar surface area (TPSA) is 52.0 Å². The first-order valence-electron chi connectivity index (χ1n) is 7.56. The lowest BCUT2D eigenvalue weighted by molar-refractivity contribution is 0.0994. The molecule has 2 aromatic heterocycles. The number of ketones is 1. The van der Waals surface area contributed by atoms with Gasteiger partial charge in [0.25, 0.3) is 5.56 Å². The molecule has 0 aliphatic heterocycles. The summed E-state index contributed by atoms with van der Waals surface area (Å²) in [6.07, 6.45) is 1.62. The molecule has 0 fully saturated rings. The van der Waals surface area contributed by atoms with Crippen molar-refractivity contribution in [3.63, 3.8) is 0 Å². The van der Waals surface area contributed by atoms with Crippen LogP contribution < -0.4 is 5.56 Å². The van der Waals surface area contributed by atoms with Crippen molar-refractivity contribution in [2.24, 2.45) is 0 Å². The molecule has 1 unspecified atom stereocenters. The molecule has 0 N–H and O–H groups in total. The number of fused-ring (bicyclic) bond motifs is 1. The third kappa shape index (κ3) is 3.57. The van der Waals surface area contributed by atoms with Gasteiger partial charge in [0.2, 0.25) is 0 Å². The molecule has 0 aliphatic rings. The number of halogens is 1. The van der Waals surface area contributed by atoms with Gasteiger partial charge in [-0.1, -0.05) is 17.8 Å². The average Bonchev–Trinajstić information content (AvgIpc) is 3.07. The van der Waals surface area contributed by atoms with Gasteiger partial charge in [-0.2, -0.15) is 0 Å². The summed E-state index contributed by atoms with van der Waals surface area (Å²) in [5.41, 5.74) is 0.284. The molecule has 3 aromatic rings. The highest BCUT2D eigenvalue weighted by Gasteiger charge is 2.20. The molecule has 1 atom stereocenters. The van der Waals surface area contributed by atoms with Gasteiger partial charge in [-0.05, 0) is 42.6 Å². The van der Waals surface area contributed by atoms with Crippen LogP contribution in [0.15, 0.2) is 58.3 Å². The number of aromatic nitrogens is 2. The van der Waals surface area contributed by atoms with Crippen molar-refractivity contribution in [1.29, 1.82) is 0 Å². The van der Waals surface area contributed by atoms with Crippen LogP contribution in [0.5, 0.6) is 0 Å². The fourth-order valence-corrected chi connectivity index (χ4v) is 4.17. The second-order valence-corrected chi connectivity index (χ2v) is 7.57. The van der Waals surface area contributed by atoms with Crippen LogP contribution in [0, 0.1) is 5.82 Å². The SMILES string of the molecule is C=CCn1c(SC(C)C(=O)c2ccc(F)cc2)nc2sccc2c1=O. The predicted octanol–water partition coefficient (Wildman–Crippen LogP) is 4.15. The number of benzene rings is 1. The van der Waals surface area contributed by atoms with Crippen molar-refractivity contribution in [1.82, 2.24) is 9.55 Å². The summed E-state index contributed by atoms with van der Waals surface area (Å²) in [6.45, 7) is 5.75. The Labute approximate surface area is 152 Å². The van der Waals surface area contributed by atoms with Gasteiger partial charge in [0.15, 0.2) is 10.9 Å². The fourth-order valence-electron chi connectivity index (χ4n) is 2.37. The molecule has 0 aliphatic carbocycles. The highest BCUT2D eigenvalue weighted by Crippen LogP contribution is 2.26. The van der Waals surface area contributed by atoms with Gasteiger partial charge in [-0.15, -0.1) is 17.9 Å². The molecule has 4 nitrogen and oxygen atoms in total. The summed E-state index contributed by atoms with van der Waals surface area (Å²) in [6, 6.07) is 7.18. The Bertz CT molecular complexity index is 992. The first kappa shape index (κ1) is 17.6. The van der Waals surface area contributed by atoms with E-state index in [1.165, 1.54) is 51.9 Å². The molecule has 1 aromatic carbocycles. The normalized spacial score (nSPS) is 12.2. The molecule has 0 saturated heterocycles. The molecule has 2 heterocycles. The monoisotopic (exact) mass is 374 g/mol. The summed E-state index contributed by atoms with van der Waals surface area (Å²) < 4.78 is 14.5. The quantitative estimate of drug-likeness (QED) is 0.282. The molecule has 0 amide bonds. The Morgan fingerprint density at radius 1 is 1.40 bits per heavy atom. The number of hydrogen-bond donors (Lipinski definition) is 0. The van der Waals surface area contributed by atoms with E-state index in [2.05, 4.69) is 11.6 Å². The van der Waals surface area contributed by atoms with Crippen LogP contribution in [-0.2, 0) is 6.54 Å². The Kier molecular flexibility index (Phi) is 5.15. The lowest BCUT2D eigenvalue weighted by Gasteiger charge is -2.14. The van der Waals surface area contributed by atoms with E-state index in [9.17, 15) is 14.0 Å². The van der Waals surface area contributed by atoms with Crippen LogP contribution in [0.4, 0.5) is 4.39 Å². The van der Waals surface area contributed by atoms with Crippen LogP contribution in [0.2, 0.25) is 0 Å². The van der Waals surface area contributed by atoms with E-state index < -0.39 is 5.25 Å². The van der Waals surface area contributed by atoms with E-state index in [1.54, 1.807) is 19.1 Å². The standard InChI is InChI=1S/C18H15FN2O2S2/c1-3-9-21-17(23)14-8-10-24-16(14)20-18(21)25-11(2)15(22)12-4-6-13(19)7-5-12/h3-8,10-11H,1,9H2,2H3. The maximum atomic E-state index is 13.0. The van der Waals surface area contributed by atoms with Gasteiger partial charge >= 0.3 is 0 Å². The van der Waals surface area contributed by atoms with Crippen molar-refractivity contribution in [2.75, 3.05) is 0 Å². The number of nitrogens with zero attached hydrogens (tertiary/aromatic N) is 2. The van der Waals surface area contributed by atoms with Gasteiger partial charge in [-0.25, -0.2) is 9.37 Å². The van der Waals surface area contributed by atoms with Gasteiger partial charge in [0.1, 0.15) is 10.6 Å². The molecule has 25 heavy (non-hydrogen) atoms. The number of Topliss-reactive ketones (excluding diaryl/α,β-unsaturated/α-hetero) is 1. The molecule has 7 heteroatoms. The van der Waals surface area contributed by atoms with Gasteiger partial charge in [0.05, 0.1) is 10.6 Å². The van der Waals surface area contributed by atoms with E-state index in [0.717, 1.165) is 0 Å². The number of allylic oxidation sites excluding steroid dienone is 1. The maximum absolute atomic E-state index is 13.0. The number of carbonyl (C=O) groups is 1. The zero-order chi connectivity index (χ0) is 18.0. The number of thioether (sulfide) groups is 1. The average molecular weight is 374 g/mol. The molecular weight excluding hydrogens is 359 g/mol. The first-order chi connectivity index (χ1) is 12.0. The predicted molar refractivity (Wildman–Crippen MR) is 100 cm³/mol. The fraction of sp³-hybridized carbons (Fsp3) is 0.167. The molecule has 0 bridgehead atoms. The van der Waals surface area contributed by atoms with Crippen LogP contribution in [0.3, 0.4) is 0 Å². The number of rotatable bonds is 6. The van der Waals surface area contributed by atoms with Crippen LogP contribution in [0.25, 0.3) is 10.2 Å². The smallest absolute Gasteiger partial charge is 0.263 e. The second kappa shape index (κ2) is 7.33. The third-order valence-corrected chi connectivity index (χ3v) is 5.54. The summed E-state index contributed by atoms with van der Waals surface area (Å²) in [5.74, 6) is -0.530. The maximum Gasteiger partial charge on any atom is 0.263 e. The molecule has 128 valence electrons. The zero-order valence-electron chi connectivity index (χ0n) is 13.4. The van der Waals surface area contributed by atoms with Crippen molar-refractivity contribution >= 4 is 39.1 Å². The lowest BCUT2D eigenvalue weighted by Crippen LogP contribution is -2.24. The molecule has 0 spiro atoms. The molecule has 0 radical (unpaired) electrons. The first-order valence-corrected chi connectivity index (χ1v) is 9.32. The number of carbonyl (C=O) groups excluding carboxylic acids is 1. The third-order valence-electron chi connectivity index (χ3n) is 3.64. The van der Waals surface area contributed by atoms with Crippen molar-refractivity contribution < 1.29 is 9.18 Å². The Hall–Kier alpha value is -2.25. The summed E-state index contributed by atoms with van der Waals surface area (Å²) in [7, 11) is 0. The summed E-state index contributed by atoms with van der Waals surface area (Å²) in [4.78, 5) is 30.3. The van der Waals surface area contributed by atoms with Gasteiger partial charge in [-0.3, -0.25) is 14.2 Å².